The van der Waals surface area contributed by atoms with Gasteiger partial charge in [-0.15, -0.1) is 0 Å². The summed E-state index contributed by atoms with van der Waals surface area (Å²) < 4.78 is 10.8. The third-order valence-electron chi connectivity index (χ3n) is 4.15. The number of esters is 1. The van der Waals surface area contributed by atoms with E-state index in [4.69, 9.17) is 9.47 Å². The molecule has 0 bridgehead atoms. The zero-order valence-corrected chi connectivity index (χ0v) is 14.5. The minimum absolute atomic E-state index is 0.0592. The second-order valence-corrected chi connectivity index (χ2v) is 7.57. The molecular weight excluding hydrogens is 300 g/mol. The van der Waals surface area contributed by atoms with Gasteiger partial charge in [-0.2, -0.15) is 0 Å². The van der Waals surface area contributed by atoms with Crippen molar-refractivity contribution >= 4 is 18.0 Å². The first kappa shape index (κ1) is 17.6. The maximum Gasteiger partial charge on any atom is 0.410 e. The minimum atomic E-state index is -0.796. The normalized spacial score (nSPS) is 21.7. The lowest BCUT2D eigenvalue weighted by molar-refractivity contribution is -0.191. The van der Waals surface area contributed by atoms with Crippen LogP contribution in [-0.4, -0.2) is 64.6 Å². The van der Waals surface area contributed by atoms with E-state index in [-0.39, 0.29) is 12.1 Å². The average Bonchev–Trinajstić information content (AvgIpc) is 2.41. The maximum atomic E-state index is 12.1. The molecule has 0 saturated carbocycles. The van der Waals surface area contributed by atoms with Crippen molar-refractivity contribution in [3.63, 3.8) is 0 Å². The Bertz CT molecular complexity index is 501. The SMILES string of the molecule is CC(C)N1CC2(CCN(C(=O)OC(C)(C)C)CC2)OC(=O)C1=O. The van der Waals surface area contributed by atoms with Gasteiger partial charge in [0.1, 0.15) is 11.2 Å². The standard InChI is InChI=1S/C16H26N2O5/c1-11(2)18-10-16(22-13(20)12(18)19)6-8-17(9-7-16)14(21)23-15(3,4)5/h11H,6-10H2,1-5H3. The summed E-state index contributed by atoms with van der Waals surface area (Å²) >= 11 is 0. The van der Waals surface area contributed by atoms with Crippen LogP contribution in [0, 0.1) is 0 Å². The molecule has 2 saturated heterocycles. The molecular formula is C16H26N2O5. The lowest BCUT2D eigenvalue weighted by Gasteiger charge is -2.47. The van der Waals surface area contributed by atoms with Gasteiger partial charge in [-0.1, -0.05) is 0 Å². The topological polar surface area (TPSA) is 76.2 Å². The van der Waals surface area contributed by atoms with Gasteiger partial charge in [-0.3, -0.25) is 4.79 Å². The third-order valence-corrected chi connectivity index (χ3v) is 4.15. The van der Waals surface area contributed by atoms with Crippen LogP contribution in [0.1, 0.15) is 47.5 Å². The summed E-state index contributed by atoms with van der Waals surface area (Å²) in [6.07, 6.45) is 0.662. The molecule has 0 atom stereocenters. The molecule has 0 aromatic carbocycles. The van der Waals surface area contributed by atoms with Crippen molar-refractivity contribution in [1.82, 2.24) is 9.80 Å². The molecule has 0 aromatic heterocycles. The van der Waals surface area contributed by atoms with Crippen molar-refractivity contribution in [3.05, 3.63) is 0 Å². The second-order valence-electron chi connectivity index (χ2n) is 7.57. The molecule has 2 rings (SSSR count). The van der Waals surface area contributed by atoms with E-state index >= 15 is 0 Å². The van der Waals surface area contributed by atoms with Crippen LogP contribution in [0.3, 0.4) is 0 Å². The zero-order chi connectivity index (χ0) is 17.4. The van der Waals surface area contributed by atoms with Crippen LogP contribution in [0.2, 0.25) is 0 Å². The first-order valence-electron chi connectivity index (χ1n) is 8.05. The summed E-state index contributed by atoms with van der Waals surface area (Å²) in [7, 11) is 0. The number of morpholine rings is 1. The quantitative estimate of drug-likeness (QED) is 0.540. The van der Waals surface area contributed by atoms with Gasteiger partial charge in [0.05, 0.1) is 6.54 Å². The minimum Gasteiger partial charge on any atom is -0.450 e. The van der Waals surface area contributed by atoms with Crippen molar-refractivity contribution < 1.29 is 23.9 Å². The molecule has 0 aromatic rings. The van der Waals surface area contributed by atoms with Gasteiger partial charge in [0.15, 0.2) is 0 Å². The third kappa shape index (κ3) is 3.95. The van der Waals surface area contributed by atoms with Crippen molar-refractivity contribution in [2.75, 3.05) is 19.6 Å². The fraction of sp³-hybridized carbons (Fsp3) is 0.812. The largest absolute Gasteiger partial charge is 0.450 e. The molecule has 0 N–H and O–H groups in total. The number of likely N-dealkylation sites (tertiary alicyclic amines) is 1. The van der Waals surface area contributed by atoms with Crippen molar-refractivity contribution in [2.24, 2.45) is 0 Å². The van der Waals surface area contributed by atoms with Crippen LogP contribution in [0.25, 0.3) is 0 Å². The Labute approximate surface area is 136 Å². The van der Waals surface area contributed by atoms with E-state index in [0.29, 0.717) is 32.5 Å². The fourth-order valence-corrected chi connectivity index (χ4v) is 2.87. The molecule has 7 nitrogen and oxygen atoms in total. The summed E-state index contributed by atoms with van der Waals surface area (Å²) in [5.74, 6) is -1.38. The number of rotatable bonds is 1. The monoisotopic (exact) mass is 326 g/mol. The smallest absolute Gasteiger partial charge is 0.410 e. The lowest BCUT2D eigenvalue weighted by Crippen LogP contribution is -2.62. The van der Waals surface area contributed by atoms with Gasteiger partial charge in [0.25, 0.3) is 0 Å². The molecule has 130 valence electrons. The first-order chi connectivity index (χ1) is 10.5. The highest BCUT2D eigenvalue weighted by Crippen LogP contribution is 2.32. The Morgan fingerprint density at radius 1 is 1.22 bits per heavy atom. The lowest BCUT2D eigenvalue weighted by atomic mass is 9.89. The fourth-order valence-electron chi connectivity index (χ4n) is 2.87. The highest BCUT2D eigenvalue weighted by atomic mass is 16.6. The number of hydrogen-bond donors (Lipinski definition) is 0. The van der Waals surface area contributed by atoms with E-state index in [9.17, 15) is 14.4 Å². The van der Waals surface area contributed by atoms with Crippen molar-refractivity contribution in [2.45, 2.75) is 64.7 Å². The highest BCUT2D eigenvalue weighted by molar-refractivity contribution is 6.33. The predicted octanol–water partition coefficient (Wildman–Crippen LogP) is 1.55. The molecule has 2 heterocycles. The van der Waals surface area contributed by atoms with Crippen LogP contribution < -0.4 is 0 Å². The van der Waals surface area contributed by atoms with Gasteiger partial charge in [-0.05, 0) is 34.6 Å². The van der Waals surface area contributed by atoms with E-state index in [1.54, 1.807) is 9.80 Å². The van der Waals surface area contributed by atoms with Crippen molar-refractivity contribution in [1.29, 1.82) is 0 Å². The Balaban J connectivity index is 2.01. The Hall–Kier alpha value is -1.79. The number of carbonyl (C=O) groups is 3. The Morgan fingerprint density at radius 2 is 1.78 bits per heavy atom. The van der Waals surface area contributed by atoms with E-state index in [2.05, 4.69) is 0 Å². The average molecular weight is 326 g/mol. The molecule has 2 aliphatic heterocycles. The molecule has 2 fully saturated rings. The van der Waals surface area contributed by atoms with Gasteiger partial charge in [0.2, 0.25) is 0 Å². The van der Waals surface area contributed by atoms with Gasteiger partial charge in [-0.25, -0.2) is 9.59 Å². The second kappa shape index (κ2) is 6.02. The van der Waals surface area contributed by atoms with E-state index in [1.165, 1.54) is 0 Å². The Morgan fingerprint density at radius 3 is 2.26 bits per heavy atom. The maximum absolute atomic E-state index is 12.1. The summed E-state index contributed by atoms with van der Waals surface area (Å²) in [5, 5.41) is 0. The van der Waals surface area contributed by atoms with E-state index in [0.717, 1.165) is 0 Å². The van der Waals surface area contributed by atoms with Crippen molar-refractivity contribution in [3.8, 4) is 0 Å². The summed E-state index contributed by atoms with van der Waals surface area (Å²) in [6.45, 7) is 10.5. The highest BCUT2D eigenvalue weighted by Gasteiger charge is 2.48. The molecule has 7 heteroatoms. The van der Waals surface area contributed by atoms with Gasteiger partial charge >= 0.3 is 18.0 Å². The van der Waals surface area contributed by atoms with Crippen LogP contribution in [0.5, 0.6) is 0 Å². The first-order valence-corrected chi connectivity index (χ1v) is 8.05. The van der Waals surface area contributed by atoms with Gasteiger partial charge in [0, 0.05) is 32.0 Å². The number of amides is 2. The number of nitrogens with zero attached hydrogens (tertiary/aromatic N) is 2. The summed E-state index contributed by atoms with van der Waals surface area (Å²) in [6, 6.07) is -0.0592. The number of piperidine rings is 1. The molecule has 23 heavy (non-hydrogen) atoms. The molecule has 0 unspecified atom stereocenters. The predicted molar refractivity (Wildman–Crippen MR) is 82.7 cm³/mol. The number of carbonyl (C=O) groups excluding carboxylic acids is 3. The van der Waals surface area contributed by atoms with E-state index in [1.807, 2.05) is 34.6 Å². The number of hydrogen-bond acceptors (Lipinski definition) is 5. The summed E-state index contributed by atoms with van der Waals surface area (Å²) in [5.41, 5.74) is -1.22. The van der Waals surface area contributed by atoms with E-state index < -0.39 is 23.1 Å². The molecule has 2 aliphatic rings. The molecule has 0 aliphatic carbocycles. The van der Waals surface area contributed by atoms with Crippen LogP contribution in [-0.2, 0) is 19.1 Å². The number of ether oxygens (including phenoxy) is 2. The Kier molecular flexibility index (Phi) is 4.59. The summed E-state index contributed by atoms with van der Waals surface area (Å²) in [4.78, 5) is 39.0. The molecule has 2 amide bonds. The van der Waals surface area contributed by atoms with Crippen LogP contribution in [0.15, 0.2) is 0 Å². The van der Waals surface area contributed by atoms with Crippen LogP contribution in [0.4, 0.5) is 4.79 Å². The van der Waals surface area contributed by atoms with Gasteiger partial charge < -0.3 is 19.3 Å². The zero-order valence-electron chi connectivity index (χ0n) is 14.5. The van der Waals surface area contributed by atoms with Crippen LogP contribution >= 0.6 is 0 Å². The molecule has 0 radical (unpaired) electrons. The molecule has 1 spiro atoms.